The molecule has 2 fully saturated rings. The van der Waals surface area contributed by atoms with Gasteiger partial charge in [0.25, 0.3) is 0 Å². The molecule has 1 aliphatic heterocycles. The summed E-state index contributed by atoms with van der Waals surface area (Å²) in [6.07, 6.45) is 3.69. The van der Waals surface area contributed by atoms with Gasteiger partial charge in [-0.25, -0.2) is 4.39 Å². The summed E-state index contributed by atoms with van der Waals surface area (Å²) in [5.74, 6) is 0.631. The quantitative estimate of drug-likeness (QED) is 0.876. The average molecular weight is 356 g/mol. The summed E-state index contributed by atoms with van der Waals surface area (Å²) in [5.41, 5.74) is 0.818. The molecule has 2 aliphatic rings. The molecule has 1 atom stereocenters. The molecule has 0 amide bonds. The number of nitrogens with one attached hydrogen (secondary N) is 1. The first-order valence-electron chi connectivity index (χ1n) is 7.14. The Hall–Kier alpha value is -0.0600. The third-order valence-electron chi connectivity index (χ3n) is 4.17. The maximum Gasteiger partial charge on any atom is 0.129 e. The normalized spacial score (nSPS) is 20.3. The topological polar surface area (TPSA) is 15.3 Å². The standard InChI is InChI=1S/C15H20ClFN2.2ClH/c16-12-3-4-13(14(17)10-12)15(9-11-1-2-11)19-7-5-18-6-8-19;;/h3-4,10-11,15,18H,1-2,5-9H2;2*1H/t15-;;/m1../s1. The van der Waals surface area contributed by atoms with Gasteiger partial charge in [0.1, 0.15) is 5.82 Å². The second kappa shape index (κ2) is 8.54. The van der Waals surface area contributed by atoms with Crippen molar-refractivity contribution >= 4 is 36.4 Å². The largest absolute Gasteiger partial charge is 0.314 e. The van der Waals surface area contributed by atoms with Crippen molar-refractivity contribution in [3.63, 3.8) is 0 Å². The fourth-order valence-corrected chi connectivity index (χ4v) is 3.07. The molecule has 21 heavy (non-hydrogen) atoms. The second-order valence-corrected chi connectivity index (χ2v) is 6.08. The van der Waals surface area contributed by atoms with Crippen LogP contribution in [0.15, 0.2) is 18.2 Å². The predicted octanol–water partition coefficient (Wildman–Crippen LogP) is 4.07. The Morgan fingerprint density at radius 3 is 2.48 bits per heavy atom. The average Bonchev–Trinajstić information content (AvgIpc) is 3.22. The molecule has 1 saturated heterocycles. The number of hydrogen-bond donors (Lipinski definition) is 1. The predicted molar refractivity (Wildman–Crippen MR) is 90.4 cm³/mol. The molecule has 120 valence electrons. The summed E-state index contributed by atoms with van der Waals surface area (Å²) in [6.45, 7) is 3.99. The molecular formula is C15H22Cl3FN2. The molecule has 1 saturated carbocycles. The van der Waals surface area contributed by atoms with Crippen LogP contribution in [0.1, 0.15) is 30.9 Å². The van der Waals surface area contributed by atoms with Gasteiger partial charge in [0.05, 0.1) is 0 Å². The zero-order valence-corrected chi connectivity index (χ0v) is 14.2. The van der Waals surface area contributed by atoms with Crippen molar-refractivity contribution in [1.29, 1.82) is 0 Å². The van der Waals surface area contributed by atoms with E-state index in [0.29, 0.717) is 5.02 Å². The Kier molecular flexibility index (Phi) is 7.72. The van der Waals surface area contributed by atoms with Crippen molar-refractivity contribution in [2.24, 2.45) is 5.92 Å². The van der Waals surface area contributed by atoms with E-state index in [4.69, 9.17) is 11.6 Å². The molecule has 1 heterocycles. The molecule has 1 aromatic rings. The van der Waals surface area contributed by atoms with Crippen LogP contribution in [-0.2, 0) is 0 Å². The molecule has 6 heteroatoms. The SMILES string of the molecule is Cl.Cl.Fc1cc(Cl)ccc1[C@@H](CC1CC1)N1CCNCC1. The van der Waals surface area contributed by atoms with Crippen LogP contribution in [0, 0.1) is 11.7 Å². The lowest BCUT2D eigenvalue weighted by Crippen LogP contribution is -2.45. The highest BCUT2D eigenvalue weighted by molar-refractivity contribution is 6.30. The fraction of sp³-hybridized carbons (Fsp3) is 0.600. The minimum absolute atomic E-state index is 0. The molecule has 1 aromatic carbocycles. The highest BCUT2D eigenvalue weighted by atomic mass is 35.5. The maximum absolute atomic E-state index is 14.2. The van der Waals surface area contributed by atoms with E-state index < -0.39 is 0 Å². The smallest absolute Gasteiger partial charge is 0.129 e. The van der Waals surface area contributed by atoms with Gasteiger partial charge in [-0.2, -0.15) is 0 Å². The lowest BCUT2D eigenvalue weighted by molar-refractivity contribution is 0.157. The number of hydrogen-bond acceptors (Lipinski definition) is 2. The Morgan fingerprint density at radius 1 is 1.24 bits per heavy atom. The van der Waals surface area contributed by atoms with Gasteiger partial charge in [-0.3, -0.25) is 4.90 Å². The molecule has 0 aromatic heterocycles. The van der Waals surface area contributed by atoms with Gasteiger partial charge >= 0.3 is 0 Å². The number of halogens is 4. The number of nitrogens with zero attached hydrogens (tertiary/aromatic N) is 1. The van der Waals surface area contributed by atoms with Crippen LogP contribution >= 0.6 is 36.4 Å². The fourth-order valence-electron chi connectivity index (χ4n) is 2.91. The Morgan fingerprint density at radius 2 is 1.90 bits per heavy atom. The summed E-state index contributed by atoms with van der Waals surface area (Å²) in [5, 5.41) is 3.84. The summed E-state index contributed by atoms with van der Waals surface area (Å²) in [7, 11) is 0. The number of rotatable bonds is 4. The molecular weight excluding hydrogens is 334 g/mol. The van der Waals surface area contributed by atoms with Crippen LogP contribution < -0.4 is 5.32 Å². The molecule has 3 rings (SSSR count). The first-order chi connectivity index (χ1) is 9.24. The van der Waals surface area contributed by atoms with Crippen LogP contribution in [0.3, 0.4) is 0 Å². The van der Waals surface area contributed by atoms with Crippen LogP contribution in [0.5, 0.6) is 0 Å². The van der Waals surface area contributed by atoms with Crippen molar-refractivity contribution in [2.45, 2.75) is 25.3 Å². The van der Waals surface area contributed by atoms with E-state index in [1.54, 1.807) is 0 Å². The zero-order valence-electron chi connectivity index (χ0n) is 11.9. The van der Waals surface area contributed by atoms with Gasteiger partial charge in [-0.15, -0.1) is 24.8 Å². The van der Waals surface area contributed by atoms with Gasteiger partial charge in [-0.1, -0.05) is 30.5 Å². The van der Waals surface area contributed by atoms with Gasteiger partial charge in [0, 0.05) is 42.8 Å². The van der Waals surface area contributed by atoms with E-state index in [2.05, 4.69) is 10.2 Å². The van der Waals surface area contributed by atoms with Crippen LogP contribution in [0.25, 0.3) is 0 Å². The van der Waals surface area contributed by atoms with E-state index in [9.17, 15) is 4.39 Å². The van der Waals surface area contributed by atoms with Crippen molar-refractivity contribution in [3.05, 3.63) is 34.6 Å². The first kappa shape index (κ1) is 19.0. The van der Waals surface area contributed by atoms with E-state index in [0.717, 1.165) is 44.1 Å². The van der Waals surface area contributed by atoms with Crippen LogP contribution in [0.2, 0.25) is 5.02 Å². The summed E-state index contributed by atoms with van der Waals surface area (Å²) in [6, 6.07) is 5.33. The molecule has 0 unspecified atom stereocenters. The molecule has 2 nitrogen and oxygen atoms in total. The summed E-state index contributed by atoms with van der Waals surface area (Å²) < 4.78 is 14.2. The molecule has 0 spiro atoms. The summed E-state index contributed by atoms with van der Waals surface area (Å²) >= 11 is 5.86. The molecule has 1 aliphatic carbocycles. The zero-order chi connectivity index (χ0) is 13.2. The second-order valence-electron chi connectivity index (χ2n) is 5.65. The third kappa shape index (κ3) is 4.97. The van der Waals surface area contributed by atoms with E-state index in [1.165, 1.54) is 18.9 Å². The highest BCUT2D eigenvalue weighted by Gasteiger charge is 2.31. The van der Waals surface area contributed by atoms with E-state index in [-0.39, 0.29) is 36.7 Å². The lowest BCUT2D eigenvalue weighted by atomic mass is 9.98. The third-order valence-corrected chi connectivity index (χ3v) is 4.40. The monoisotopic (exact) mass is 354 g/mol. The highest BCUT2D eigenvalue weighted by Crippen LogP contribution is 2.41. The molecule has 0 radical (unpaired) electrons. The van der Waals surface area contributed by atoms with Crippen LogP contribution in [0.4, 0.5) is 4.39 Å². The molecule has 0 bridgehead atoms. The van der Waals surface area contributed by atoms with E-state index in [1.807, 2.05) is 12.1 Å². The number of benzene rings is 1. The Bertz CT molecular complexity index is 449. The minimum Gasteiger partial charge on any atom is -0.314 e. The van der Waals surface area contributed by atoms with Crippen molar-refractivity contribution in [1.82, 2.24) is 10.2 Å². The Balaban J connectivity index is 0.00000110. The van der Waals surface area contributed by atoms with Crippen molar-refractivity contribution < 1.29 is 4.39 Å². The first-order valence-corrected chi connectivity index (χ1v) is 7.51. The minimum atomic E-state index is -0.156. The molecule has 1 N–H and O–H groups in total. The number of piperazine rings is 1. The summed E-state index contributed by atoms with van der Waals surface area (Å²) in [4.78, 5) is 2.42. The van der Waals surface area contributed by atoms with E-state index >= 15 is 0 Å². The Labute approximate surface area is 143 Å². The van der Waals surface area contributed by atoms with Crippen molar-refractivity contribution in [2.75, 3.05) is 26.2 Å². The lowest BCUT2D eigenvalue weighted by Gasteiger charge is -2.35. The van der Waals surface area contributed by atoms with Gasteiger partial charge in [0.2, 0.25) is 0 Å². The van der Waals surface area contributed by atoms with Gasteiger partial charge < -0.3 is 5.32 Å². The van der Waals surface area contributed by atoms with Crippen LogP contribution in [-0.4, -0.2) is 31.1 Å². The van der Waals surface area contributed by atoms with Gasteiger partial charge in [0.15, 0.2) is 0 Å². The van der Waals surface area contributed by atoms with Gasteiger partial charge in [-0.05, 0) is 24.5 Å². The maximum atomic E-state index is 14.2. The van der Waals surface area contributed by atoms with Crippen molar-refractivity contribution in [3.8, 4) is 0 Å².